The van der Waals surface area contributed by atoms with Crippen molar-refractivity contribution in [3.8, 4) is 5.75 Å². The van der Waals surface area contributed by atoms with Crippen molar-refractivity contribution in [2.75, 3.05) is 26.3 Å². The van der Waals surface area contributed by atoms with Crippen molar-refractivity contribution in [1.82, 2.24) is 0 Å². The molecule has 0 radical (unpaired) electrons. The number of carbonyl (C=O) groups excluding carboxylic acids is 1. The van der Waals surface area contributed by atoms with Gasteiger partial charge in [0.15, 0.2) is 5.78 Å². The molecule has 0 amide bonds. The van der Waals surface area contributed by atoms with E-state index in [0.717, 1.165) is 26.0 Å². The van der Waals surface area contributed by atoms with E-state index in [4.69, 9.17) is 9.47 Å². The van der Waals surface area contributed by atoms with Crippen LogP contribution in [0.4, 0.5) is 0 Å². The van der Waals surface area contributed by atoms with Crippen LogP contribution in [-0.4, -0.2) is 49.4 Å². The number of aliphatic hydroxyl groups excluding tert-OH is 1. The molecule has 5 heteroatoms. The van der Waals surface area contributed by atoms with Gasteiger partial charge in [-0.1, -0.05) is 30.3 Å². The van der Waals surface area contributed by atoms with Gasteiger partial charge in [0.25, 0.3) is 0 Å². The SMILES string of the molecule is O=C(c1ccccc1)c1ccc(OC[C@@H](O)C[NH2+]C[C@H]2CCCO2)cc1. The van der Waals surface area contributed by atoms with E-state index in [0.29, 0.717) is 29.5 Å². The molecule has 138 valence electrons. The van der Waals surface area contributed by atoms with E-state index < -0.39 is 6.10 Å². The number of benzene rings is 2. The summed E-state index contributed by atoms with van der Waals surface area (Å²) in [6, 6.07) is 16.2. The van der Waals surface area contributed by atoms with Gasteiger partial charge in [-0.05, 0) is 37.1 Å². The molecule has 0 unspecified atom stereocenters. The van der Waals surface area contributed by atoms with Gasteiger partial charge in [-0.2, -0.15) is 0 Å². The lowest BCUT2D eigenvalue weighted by atomic mass is 10.0. The zero-order valence-corrected chi connectivity index (χ0v) is 14.8. The van der Waals surface area contributed by atoms with Crippen LogP contribution >= 0.6 is 0 Å². The highest BCUT2D eigenvalue weighted by atomic mass is 16.5. The Balaban J connectivity index is 1.41. The van der Waals surface area contributed by atoms with Crippen LogP contribution in [0.5, 0.6) is 5.75 Å². The van der Waals surface area contributed by atoms with Gasteiger partial charge < -0.3 is 19.9 Å². The molecule has 1 heterocycles. The summed E-state index contributed by atoms with van der Waals surface area (Å²) in [4.78, 5) is 12.4. The zero-order valence-electron chi connectivity index (χ0n) is 14.8. The number of ether oxygens (including phenoxy) is 2. The van der Waals surface area contributed by atoms with Gasteiger partial charge >= 0.3 is 0 Å². The number of carbonyl (C=O) groups is 1. The van der Waals surface area contributed by atoms with Crippen LogP contribution in [-0.2, 0) is 4.74 Å². The fourth-order valence-corrected chi connectivity index (χ4v) is 3.02. The summed E-state index contributed by atoms with van der Waals surface area (Å²) in [5.74, 6) is 0.633. The molecule has 0 saturated carbocycles. The smallest absolute Gasteiger partial charge is 0.193 e. The molecule has 3 rings (SSSR count). The third-order valence-electron chi connectivity index (χ3n) is 4.49. The van der Waals surface area contributed by atoms with Crippen molar-refractivity contribution in [3.63, 3.8) is 0 Å². The Morgan fingerprint density at radius 1 is 1.15 bits per heavy atom. The summed E-state index contributed by atoms with van der Waals surface area (Å²) in [6.07, 6.45) is 2.02. The molecular weight excluding hydrogens is 330 g/mol. The highest BCUT2D eigenvalue weighted by Gasteiger charge is 2.18. The quantitative estimate of drug-likeness (QED) is 0.666. The minimum absolute atomic E-state index is 0.0130. The van der Waals surface area contributed by atoms with Crippen LogP contribution in [0.3, 0.4) is 0 Å². The van der Waals surface area contributed by atoms with Crippen molar-refractivity contribution in [2.24, 2.45) is 0 Å². The minimum atomic E-state index is -0.540. The van der Waals surface area contributed by atoms with Gasteiger partial charge in [-0.15, -0.1) is 0 Å². The number of hydrogen-bond acceptors (Lipinski definition) is 4. The Morgan fingerprint density at radius 3 is 2.58 bits per heavy atom. The molecule has 3 N–H and O–H groups in total. The fourth-order valence-electron chi connectivity index (χ4n) is 3.02. The van der Waals surface area contributed by atoms with Crippen LogP contribution in [0.2, 0.25) is 0 Å². The molecule has 0 bridgehead atoms. The van der Waals surface area contributed by atoms with Crippen LogP contribution < -0.4 is 10.1 Å². The van der Waals surface area contributed by atoms with Crippen molar-refractivity contribution >= 4 is 5.78 Å². The number of quaternary nitrogens is 1. The monoisotopic (exact) mass is 356 g/mol. The first kappa shape index (κ1) is 18.6. The number of ketones is 1. The number of nitrogens with two attached hydrogens (primary N) is 1. The third kappa shape index (κ3) is 5.39. The summed E-state index contributed by atoms with van der Waals surface area (Å²) in [5, 5.41) is 12.1. The largest absolute Gasteiger partial charge is 0.491 e. The lowest BCUT2D eigenvalue weighted by molar-refractivity contribution is -0.666. The van der Waals surface area contributed by atoms with Gasteiger partial charge in [0.05, 0.1) is 0 Å². The molecule has 1 aliphatic heterocycles. The molecule has 0 aliphatic carbocycles. The van der Waals surface area contributed by atoms with E-state index in [9.17, 15) is 9.90 Å². The summed E-state index contributed by atoms with van der Waals surface area (Å²) in [7, 11) is 0. The second kappa shape index (κ2) is 9.48. The molecule has 1 aliphatic rings. The molecule has 1 saturated heterocycles. The first-order valence-electron chi connectivity index (χ1n) is 9.16. The minimum Gasteiger partial charge on any atom is -0.491 e. The molecule has 0 spiro atoms. The number of aliphatic hydroxyl groups is 1. The standard InChI is InChI=1S/C21H25NO4/c23-18(13-22-14-20-7-4-12-25-20)15-26-19-10-8-17(9-11-19)21(24)16-5-2-1-3-6-16/h1-3,5-6,8-11,18,20,22-23H,4,7,12-15H2/p+1/t18-,20+/m0/s1. The van der Waals surface area contributed by atoms with E-state index in [1.54, 1.807) is 36.4 Å². The molecule has 2 aromatic rings. The van der Waals surface area contributed by atoms with Crippen LogP contribution in [0.25, 0.3) is 0 Å². The topological polar surface area (TPSA) is 72.4 Å². The maximum Gasteiger partial charge on any atom is 0.193 e. The molecule has 0 aromatic heterocycles. The Morgan fingerprint density at radius 2 is 1.88 bits per heavy atom. The van der Waals surface area contributed by atoms with Gasteiger partial charge in [-0.25, -0.2) is 0 Å². The summed E-state index contributed by atoms with van der Waals surface area (Å²) < 4.78 is 11.2. The number of rotatable bonds is 9. The van der Waals surface area contributed by atoms with Crippen molar-refractivity contribution in [2.45, 2.75) is 25.0 Å². The lowest BCUT2D eigenvalue weighted by Gasteiger charge is -2.13. The molecular formula is C21H26NO4+. The first-order valence-corrected chi connectivity index (χ1v) is 9.16. The maximum atomic E-state index is 12.4. The normalized spacial score (nSPS) is 17.8. The Labute approximate surface area is 153 Å². The lowest BCUT2D eigenvalue weighted by Crippen LogP contribution is -2.88. The predicted molar refractivity (Wildman–Crippen MR) is 98.5 cm³/mol. The van der Waals surface area contributed by atoms with Gasteiger partial charge in [0.2, 0.25) is 0 Å². The van der Waals surface area contributed by atoms with Gasteiger partial charge in [0.1, 0.15) is 37.7 Å². The first-order chi connectivity index (χ1) is 12.7. The average Bonchev–Trinajstić information content (AvgIpc) is 3.20. The van der Waals surface area contributed by atoms with Crippen LogP contribution in [0.15, 0.2) is 54.6 Å². The third-order valence-corrected chi connectivity index (χ3v) is 4.49. The molecule has 2 aromatic carbocycles. The Bertz CT molecular complexity index is 681. The van der Waals surface area contributed by atoms with Crippen LogP contribution in [0.1, 0.15) is 28.8 Å². The predicted octanol–water partition coefficient (Wildman–Crippen LogP) is 1.40. The summed E-state index contributed by atoms with van der Waals surface area (Å²) >= 11 is 0. The van der Waals surface area contributed by atoms with E-state index in [1.165, 1.54) is 0 Å². The van der Waals surface area contributed by atoms with Gasteiger partial charge in [-0.3, -0.25) is 4.79 Å². The Hall–Kier alpha value is -2.21. The Kier molecular flexibility index (Phi) is 6.77. The average molecular weight is 356 g/mol. The highest BCUT2D eigenvalue weighted by Crippen LogP contribution is 2.15. The molecule has 2 atom stereocenters. The fraction of sp³-hybridized carbons (Fsp3) is 0.381. The summed E-state index contributed by atoms with van der Waals surface area (Å²) in [5.41, 5.74) is 1.28. The summed E-state index contributed by atoms with van der Waals surface area (Å²) in [6.45, 7) is 2.55. The molecule has 26 heavy (non-hydrogen) atoms. The zero-order chi connectivity index (χ0) is 18.2. The van der Waals surface area contributed by atoms with Crippen molar-refractivity contribution in [1.29, 1.82) is 0 Å². The van der Waals surface area contributed by atoms with Crippen LogP contribution in [0, 0.1) is 0 Å². The van der Waals surface area contributed by atoms with E-state index >= 15 is 0 Å². The molecule has 1 fully saturated rings. The maximum absolute atomic E-state index is 12.4. The highest BCUT2D eigenvalue weighted by molar-refractivity contribution is 6.08. The molecule has 5 nitrogen and oxygen atoms in total. The number of hydrogen-bond donors (Lipinski definition) is 2. The second-order valence-electron chi connectivity index (χ2n) is 6.58. The van der Waals surface area contributed by atoms with E-state index in [1.807, 2.05) is 18.2 Å². The second-order valence-corrected chi connectivity index (χ2v) is 6.58. The van der Waals surface area contributed by atoms with E-state index in [-0.39, 0.29) is 12.4 Å². The van der Waals surface area contributed by atoms with Gasteiger partial charge in [0, 0.05) is 17.7 Å². The van der Waals surface area contributed by atoms with Crippen molar-refractivity contribution in [3.05, 3.63) is 65.7 Å². The van der Waals surface area contributed by atoms with E-state index in [2.05, 4.69) is 5.32 Å². The van der Waals surface area contributed by atoms with Crippen molar-refractivity contribution < 1.29 is 24.7 Å².